The second-order valence-electron chi connectivity index (χ2n) is 1.23. The molecule has 0 unspecified atom stereocenters. The minimum absolute atomic E-state index is 0.166. The van der Waals surface area contributed by atoms with E-state index < -0.39 is 5.37 Å². The molecule has 0 aromatic rings. The van der Waals surface area contributed by atoms with Gasteiger partial charge < -0.3 is 4.90 Å². The first-order valence-electron chi connectivity index (χ1n) is 2.22. The minimum atomic E-state index is -0.498. The van der Waals surface area contributed by atoms with Crippen LogP contribution in [-0.2, 0) is 0 Å². The van der Waals surface area contributed by atoms with Crippen LogP contribution in [0.5, 0.6) is 0 Å². The summed E-state index contributed by atoms with van der Waals surface area (Å²) in [5.74, 6) is 0. The summed E-state index contributed by atoms with van der Waals surface area (Å²) in [7, 11) is 0. The topological polar surface area (TPSA) is 20.3 Å². The Bertz CT molecular complexity index is 82.1. The molecule has 0 saturated heterocycles. The Morgan fingerprint density at radius 2 is 2.25 bits per heavy atom. The van der Waals surface area contributed by atoms with Crippen LogP contribution in [0.4, 0.5) is 4.79 Å². The number of halogens is 2. The van der Waals surface area contributed by atoms with Crippen LogP contribution in [0.15, 0.2) is 0 Å². The molecule has 0 N–H and O–H groups in total. The predicted octanol–water partition coefficient (Wildman–Crippen LogP) is 1.86. The van der Waals surface area contributed by atoms with Gasteiger partial charge in [0.15, 0.2) is 0 Å². The van der Waals surface area contributed by atoms with E-state index in [1.807, 2.05) is 6.92 Å². The first-order chi connectivity index (χ1) is 3.72. The van der Waals surface area contributed by atoms with Gasteiger partial charge in [-0.3, -0.25) is 4.79 Å². The lowest BCUT2D eigenvalue weighted by molar-refractivity contribution is 0.232. The van der Waals surface area contributed by atoms with Gasteiger partial charge in [0.25, 0.3) is 0 Å². The molecule has 0 aliphatic rings. The van der Waals surface area contributed by atoms with Gasteiger partial charge in [0.1, 0.15) is 0 Å². The number of hydrogen-bond acceptors (Lipinski definition) is 1. The minimum Gasteiger partial charge on any atom is -0.316 e. The molecule has 8 heavy (non-hydrogen) atoms. The maximum absolute atomic E-state index is 10.2. The van der Waals surface area contributed by atoms with E-state index >= 15 is 0 Å². The summed E-state index contributed by atoms with van der Waals surface area (Å²) in [6.07, 6.45) is 0. The van der Waals surface area contributed by atoms with Crippen molar-refractivity contribution in [2.24, 2.45) is 0 Å². The van der Waals surface area contributed by atoms with Crippen LogP contribution in [-0.4, -0.2) is 22.8 Å². The van der Waals surface area contributed by atoms with Crippen molar-refractivity contribution >= 4 is 28.6 Å². The zero-order valence-corrected chi connectivity index (χ0v) is 6.04. The van der Waals surface area contributed by atoms with E-state index in [0.717, 1.165) is 0 Å². The lowest BCUT2D eigenvalue weighted by atomic mass is 10.7. The van der Waals surface area contributed by atoms with Crippen molar-refractivity contribution in [3.8, 4) is 0 Å². The zero-order valence-electron chi connectivity index (χ0n) is 4.53. The fourth-order valence-corrected chi connectivity index (χ4v) is 0.774. The van der Waals surface area contributed by atoms with Crippen molar-refractivity contribution in [3.63, 3.8) is 0 Å². The van der Waals surface area contributed by atoms with Gasteiger partial charge in [-0.25, -0.2) is 0 Å². The molecule has 4 heteroatoms. The molecule has 0 fully saturated rings. The largest absolute Gasteiger partial charge is 0.317 e. The maximum atomic E-state index is 10.2. The molecule has 1 amide bonds. The molecule has 2 nitrogen and oxygen atoms in total. The number of carbonyl (C=O) groups excluding carboxylic acids is 1. The Hall–Kier alpha value is 0.0500. The Labute approximate surface area is 58.4 Å². The highest BCUT2D eigenvalue weighted by Crippen LogP contribution is 1.96. The first kappa shape index (κ1) is 8.05. The molecule has 0 heterocycles. The van der Waals surface area contributed by atoms with Gasteiger partial charge in [0.2, 0.25) is 0 Å². The Morgan fingerprint density at radius 3 is 2.25 bits per heavy atom. The van der Waals surface area contributed by atoms with Gasteiger partial charge in [0, 0.05) is 6.54 Å². The second-order valence-corrected chi connectivity index (χ2v) is 1.79. The fourth-order valence-electron chi connectivity index (χ4n) is 0.256. The number of rotatable bonds is 2. The van der Waals surface area contributed by atoms with Crippen LogP contribution < -0.4 is 0 Å². The van der Waals surface area contributed by atoms with E-state index in [0.29, 0.717) is 6.54 Å². The lowest BCUT2D eigenvalue weighted by Gasteiger charge is -2.11. The number of amides is 1. The van der Waals surface area contributed by atoms with Crippen LogP contribution in [0.3, 0.4) is 0 Å². The molecule has 0 saturated carbocycles. The summed E-state index contributed by atoms with van der Waals surface area (Å²) >= 11 is 10.3. The SMILES string of the molecule is CCN(CCl)C(=O)Cl. The van der Waals surface area contributed by atoms with Crippen LogP contribution in [0.25, 0.3) is 0 Å². The molecule has 0 radical (unpaired) electrons. The molecule has 0 aromatic heterocycles. The zero-order chi connectivity index (χ0) is 6.57. The smallest absolute Gasteiger partial charge is 0.316 e. The van der Waals surface area contributed by atoms with E-state index in [1.54, 1.807) is 0 Å². The highest BCUT2D eigenvalue weighted by molar-refractivity contribution is 6.63. The number of carbonyl (C=O) groups is 1. The second kappa shape index (κ2) is 3.98. The Balaban J connectivity index is 3.52. The van der Waals surface area contributed by atoms with Crippen molar-refractivity contribution < 1.29 is 4.79 Å². The van der Waals surface area contributed by atoms with Gasteiger partial charge in [-0.2, -0.15) is 0 Å². The average Bonchev–Trinajstić information content (AvgIpc) is 1.69. The summed E-state index contributed by atoms with van der Waals surface area (Å²) in [5.41, 5.74) is 0. The van der Waals surface area contributed by atoms with Crippen LogP contribution in [0, 0.1) is 0 Å². The van der Waals surface area contributed by atoms with Crippen molar-refractivity contribution in [1.29, 1.82) is 0 Å². The monoisotopic (exact) mass is 155 g/mol. The molecular formula is C4H7Cl2NO. The molecule has 0 aromatic carbocycles. The van der Waals surface area contributed by atoms with Gasteiger partial charge in [-0.1, -0.05) is 0 Å². The summed E-state index contributed by atoms with van der Waals surface area (Å²) < 4.78 is 0. The molecular weight excluding hydrogens is 149 g/mol. The number of nitrogens with zero attached hydrogens (tertiary/aromatic N) is 1. The van der Waals surface area contributed by atoms with Crippen molar-refractivity contribution in [1.82, 2.24) is 4.90 Å². The van der Waals surface area contributed by atoms with Gasteiger partial charge in [-0.05, 0) is 18.5 Å². The quantitative estimate of drug-likeness (QED) is 0.339. The molecule has 48 valence electrons. The van der Waals surface area contributed by atoms with Crippen molar-refractivity contribution in [3.05, 3.63) is 0 Å². The first-order valence-corrected chi connectivity index (χ1v) is 3.14. The maximum Gasteiger partial charge on any atom is 0.317 e. The molecule has 0 aliphatic heterocycles. The van der Waals surface area contributed by atoms with E-state index in [-0.39, 0.29) is 6.00 Å². The summed E-state index contributed by atoms with van der Waals surface area (Å²) in [4.78, 5) is 11.5. The third-order valence-corrected chi connectivity index (χ3v) is 1.30. The number of alkyl halides is 1. The van der Waals surface area contributed by atoms with E-state index in [2.05, 4.69) is 0 Å². The number of hydrogen-bond donors (Lipinski definition) is 0. The standard InChI is InChI=1S/C4H7Cl2NO/c1-2-7(3-5)4(6)8/h2-3H2,1H3. The predicted molar refractivity (Wildman–Crippen MR) is 34.3 cm³/mol. The van der Waals surface area contributed by atoms with Crippen LogP contribution in [0.1, 0.15) is 6.92 Å². The summed E-state index contributed by atoms with van der Waals surface area (Å²) in [6.45, 7) is 2.37. The van der Waals surface area contributed by atoms with E-state index in [9.17, 15) is 4.79 Å². The molecule has 0 atom stereocenters. The third-order valence-electron chi connectivity index (χ3n) is 0.775. The van der Waals surface area contributed by atoms with Gasteiger partial charge in [-0.15, -0.1) is 11.6 Å². The fraction of sp³-hybridized carbons (Fsp3) is 0.750. The van der Waals surface area contributed by atoms with Crippen LogP contribution >= 0.6 is 23.2 Å². The normalized spacial score (nSPS) is 8.88. The summed E-state index contributed by atoms with van der Waals surface area (Å²) in [5, 5.41) is -0.498. The van der Waals surface area contributed by atoms with Crippen molar-refractivity contribution in [2.75, 3.05) is 12.5 Å². The van der Waals surface area contributed by atoms with E-state index in [1.165, 1.54) is 4.90 Å². The highest BCUT2D eigenvalue weighted by Gasteiger charge is 2.03. The Kier molecular flexibility index (Phi) is 4.01. The average molecular weight is 156 g/mol. The third kappa shape index (κ3) is 2.38. The molecule has 0 spiro atoms. The summed E-state index contributed by atoms with van der Waals surface area (Å²) in [6, 6.07) is 0.166. The molecule has 0 rings (SSSR count). The Morgan fingerprint density at radius 1 is 1.75 bits per heavy atom. The highest BCUT2D eigenvalue weighted by atomic mass is 35.5. The van der Waals surface area contributed by atoms with E-state index in [4.69, 9.17) is 23.2 Å². The van der Waals surface area contributed by atoms with Gasteiger partial charge in [0.05, 0.1) is 6.00 Å². The lowest BCUT2D eigenvalue weighted by Crippen LogP contribution is -2.23. The van der Waals surface area contributed by atoms with Crippen molar-refractivity contribution in [2.45, 2.75) is 6.92 Å². The van der Waals surface area contributed by atoms with Crippen LogP contribution in [0.2, 0.25) is 0 Å². The molecule has 0 bridgehead atoms. The van der Waals surface area contributed by atoms with Gasteiger partial charge >= 0.3 is 5.37 Å². The molecule has 0 aliphatic carbocycles.